The van der Waals surface area contributed by atoms with Crippen molar-refractivity contribution in [1.29, 1.82) is 0 Å². The number of esters is 6. The summed E-state index contributed by atoms with van der Waals surface area (Å²) >= 11 is 0. The Morgan fingerprint density at radius 2 is 0.565 bits per heavy atom. The van der Waals surface area contributed by atoms with Gasteiger partial charge in [0.15, 0.2) is 0 Å². The highest BCUT2D eigenvalue weighted by atomic mass is 32.2. The van der Waals surface area contributed by atoms with Gasteiger partial charge in [-0.2, -0.15) is 25.3 Å². The summed E-state index contributed by atoms with van der Waals surface area (Å²) in [5.41, 5.74) is -0.607. The van der Waals surface area contributed by atoms with Crippen molar-refractivity contribution < 1.29 is 111 Å². The third-order valence-electron chi connectivity index (χ3n) is 11.4. The number of nitrogens with zero attached hydrogens (tertiary/aromatic N) is 3. The molecule has 0 aliphatic carbocycles. The van der Waals surface area contributed by atoms with E-state index in [9.17, 15) is 54.0 Å². The summed E-state index contributed by atoms with van der Waals surface area (Å²) in [5, 5.41) is 0.122. The summed E-state index contributed by atoms with van der Waals surface area (Å²) in [6.45, 7) is -1.52. The summed E-state index contributed by atoms with van der Waals surface area (Å²) < 4.78 is 140. The summed E-state index contributed by atoms with van der Waals surface area (Å²) in [6, 6.07) is 17.3. The average Bonchev–Trinajstić information content (AvgIpc) is 1.63. The van der Waals surface area contributed by atoms with Gasteiger partial charge in [0, 0.05) is 76.5 Å². The number of rotatable bonds is 33. The van der Waals surface area contributed by atoms with Gasteiger partial charge in [0.05, 0.1) is 78.7 Å². The Morgan fingerprint density at radius 1 is 0.318 bits per heavy atom. The minimum Gasteiger partial charge on any atom is -0.460 e. The van der Waals surface area contributed by atoms with Gasteiger partial charge in [-0.15, -0.1) is 0 Å². The van der Waals surface area contributed by atoms with Gasteiger partial charge in [-0.1, -0.05) is 6.07 Å². The van der Waals surface area contributed by atoms with Crippen LogP contribution in [0.15, 0.2) is 84.9 Å². The lowest BCUT2D eigenvalue weighted by atomic mass is 10.0. The predicted octanol–water partition coefficient (Wildman–Crippen LogP) is 3.99. The quantitative estimate of drug-likeness (QED) is 0.0248. The van der Waals surface area contributed by atoms with E-state index >= 15 is 0 Å². The Bertz CT molecular complexity index is 3530. The zero-order chi connectivity index (χ0) is 62.0. The molecule has 0 radical (unpaired) electrons. The van der Waals surface area contributed by atoms with Gasteiger partial charge < -0.3 is 71.5 Å². The molecule has 27 nitrogen and oxygen atoms in total. The molecule has 0 N–H and O–H groups in total. The standard InChI is InChI=1S/C55H59N3O24S3/c1-71-9-15-77-50(59)37-21-38(51(60)78-16-10-72-2)27-44(26-37)56(33-83(65)66)43-7-8-48-36(24-43)25-47(57(34-84(67)68)45-28-39(52(61)79-17-11-73-3)22-40(29-45)53(62)80-18-12-74-4)32-49(48)58(35-85(69)70)46-30-41(54(63)81-19-13-75-5)23-42(31-46)55(64)82-20-14-76-6/h7-8,21-35H,9-20H2,1-6H3. The topological polar surface area (TPSA) is 325 Å². The molecular formula is C55H59N3O24S3. The number of carbonyl (C=O) groups is 6. The van der Waals surface area contributed by atoms with Crippen LogP contribution in [0.3, 0.4) is 0 Å². The van der Waals surface area contributed by atoms with Crippen LogP contribution in [0, 0.1) is 0 Å². The van der Waals surface area contributed by atoms with E-state index in [1.165, 1.54) is 109 Å². The minimum atomic E-state index is -3.16. The van der Waals surface area contributed by atoms with Crippen LogP contribution >= 0.6 is 0 Å². The van der Waals surface area contributed by atoms with E-state index < -0.39 is 66.7 Å². The van der Waals surface area contributed by atoms with Crippen LogP contribution in [0.25, 0.3) is 10.8 Å². The fraction of sp³-hybridized carbons (Fsp3) is 0.327. The smallest absolute Gasteiger partial charge is 0.338 e. The molecule has 0 saturated heterocycles. The lowest BCUT2D eigenvalue weighted by Crippen LogP contribution is -2.21. The highest BCUT2D eigenvalue weighted by Crippen LogP contribution is 2.41. The second-order valence-electron chi connectivity index (χ2n) is 17.2. The van der Waals surface area contributed by atoms with Crippen molar-refractivity contribution in [3.05, 3.63) is 118 Å². The fourth-order valence-electron chi connectivity index (χ4n) is 7.63. The van der Waals surface area contributed by atoms with Gasteiger partial charge in [-0.3, -0.25) is 0 Å². The number of ether oxygens (including phenoxy) is 12. The van der Waals surface area contributed by atoms with Crippen LogP contribution in [0.5, 0.6) is 0 Å². The highest BCUT2D eigenvalue weighted by Gasteiger charge is 2.26. The van der Waals surface area contributed by atoms with Crippen molar-refractivity contribution in [3.8, 4) is 0 Å². The van der Waals surface area contributed by atoms with Gasteiger partial charge in [0.1, 0.15) is 56.1 Å². The van der Waals surface area contributed by atoms with E-state index in [4.69, 9.17) is 56.8 Å². The summed E-state index contributed by atoms with van der Waals surface area (Å²) in [6.07, 6.45) is 0. The Kier molecular flexibility index (Phi) is 27.1. The fourth-order valence-corrected chi connectivity index (χ4v) is 8.87. The Hall–Kier alpha value is -8.59. The molecule has 30 heteroatoms. The van der Waals surface area contributed by atoms with Crippen molar-refractivity contribution in [3.63, 3.8) is 0 Å². The molecule has 0 saturated carbocycles. The summed E-state index contributed by atoms with van der Waals surface area (Å²) in [7, 11) is -1.16. The Morgan fingerprint density at radius 3 is 0.847 bits per heavy atom. The van der Waals surface area contributed by atoms with Crippen LogP contribution in [0.1, 0.15) is 62.1 Å². The largest absolute Gasteiger partial charge is 0.460 e. The maximum absolute atomic E-state index is 13.7. The molecule has 0 spiro atoms. The maximum Gasteiger partial charge on any atom is 0.338 e. The first-order valence-corrected chi connectivity index (χ1v) is 28.4. The molecule has 5 aromatic carbocycles. The number of anilines is 6. The zero-order valence-corrected chi connectivity index (χ0v) is 49.1. The first kappa shape index (κ1) is 67.2. The molecule has 0 heterocycles. The van der Waals surface area contributed by atoms with Crippen LogP contribution in [-0.4, -0.2) is 199 Å². The van der Waals surface area contributed by atoms with E-state index in [-0.39, 0.29) is 158 Å². The molecule has 0 fully saturated rings. The molecule has 0 unspecified atom stereocenters. The Balaban J connectivity index is 1.96. The molecule has 0 amide bonds. The number of carbonyl (C=O) groups excluding carboxylic acids is 6. The number of hydrogen-bond donors (Lipinski definition) is 0. The molecule has 0 atom stereocenters. The van der Waals surface area contributed by atoms with Crippen molar-refractivity contribution >= 4 is 128 Å². The second-order valence-corrected chi connectivity index (χ2v) is 19.4. The second kappa shape index (κ2) is 34.3. The lowest BCUT2D eigenvalue weighted by Gasteiger charge is -2.27. The van der Waals surface area contributed by atoms with E-state index in [1.807, 2.05) is 0 Å². The molecular weight excluding hydrogens is 1180 g/mol. The number of fused-ring (bicyclic) bond motifs is 1. The Labute approximate surface area is 491 Å². The average molecular weight is 1240 g/mol. The van der Waals surface area contributed by atoms with Crippen molar-refractivity contribution in [2.75, 3.05) is 137 Å². The molecule has 0 aliphatic rings. The molecule has 0 aliphatic heterocycles. The first-order chi connectivity index (χ1) is 40.9. The van der Waals surface area contributed by atoms with Gasteiger partial charge in [0.2, 0.25) is 30.9 Å². The van der Waals surface area contributed by atoms with Gasteiger partial charge in [0.25, 0.3) is 0 Å². The van der Waals surface area contributed by atoms with Crippen molar-refractivity contribution in [2.24, 2.45) is 0 Å². The number of benzene rings is 5. The summed E-state index contributed by atoms with van der Waals surface area (Å²) in [4.78, 5) is 84.7. The normalized spacial score (nSPS) is 10.7. The lowest BCUT2D eigenvalue weighted by molar-refractivity contribution is 0.0371. The van der Waals surface area contributed by atoms with Crippen molar-refractivity contribution in [2.45, 2.75) is 0 Å². The first-order valence-electron chi connectivity index (χ1n) is 25.0. The molecule has 5 aromatic rings. The van der Waals surface area contributed by atoms with Gasteiger partial charge in [-0.25, -0.2) is 28.8 Å². The van der Waals surface area contributed by atoms with E-state index in [1.54, 1.807) is 0 Å². The third-order valence-corrected chi connectivity index (χ3v) is 12.6. The highest BCUT2D eigenvalue weighted by molar-refractivity contribution is 7.72. The molecule has 456 valence electrons. The predicted molar refractivity (Wildman–Crippen MR) is 308 cm³/mol. The summed E-state index contributed by atoms with van der Waals surface area (Å²) in [5.74, 6) is -5.84. The van der Waals surface area contributed by atoms with Crippen LogP contribution in [0.4, 0.5) is 34.1 Å². The molecule has 5 rings (SSSR count). The van der Waals surface area contributed by atoms with Gasteiger partial charge in [-0.05, 0) is 84.2 Å². The van der Waals surface area contributed by atoms with Crippen LogP contribution in [-0.2, 0) is 87.7 Å². The van der Waals surface area contributed by atoms with Gasteiger partial charge >= 0.3 is 35.8 Å². The third kappa shape index (κ3) is 20.0. The van der Waals surface area contributed by atoms with E-state index in [2.05, 4.69) is 0 Å². The monoisotopic (exact) mass is 1240 g/mol. The van der Waals surface area contributed by atoms with Crippen molar-refractivity contribution in [1.82, 2.24) is 0 Å². The van der Waals surface area contributed by atoms with Crippen LogP contribution < -0.4 is 14.7 Å². The molecule has 85 heavy (non-hydrogen) atoms. The van der Waals surface area contributed by atoms with E-state index in [0.29, 0.717) is 16.5 Å². The zero-order valence-electron chi connectivity index (χ0n) is 46.7. The minimum absolute atomic E-state index is 0.00179. The SMILES string of the molecule is COCCOC(=O)c1cc(C(=O)OCCOC)cc(N(C=S(=O)=O)c2ccc3c(N(C=S(=O)=O)c4cc(C(=O)OCCOC)cc(C(=O)OCCOC)c4)cc(N(C=S(=O)=O)c4cc(C(=O)OCCOC)cc(C(=O)OCCOC)c4)cc3c2)c1. The van der Waals surface area contributed by atoms with Crippen LogP contribution in [0.2, 0.25) is 0 Å². The molecule has 0 aromatic heterocycles. The number of hydrogen-bond acceptors (Lipinski definition) is 24. The molecule has 0 bridgehead atoms. The van der Waals surface area contributed by atoms with E-state index in [0.717, 1.165) is 32.9 Å². The maximum atomic E-state index is 13.7. The number of methoxy groups -OCH3 is 6.